The van der Waals surface area contributed by atoms with E-state index in [4.69, 9.17) is 8.83 Å². The lowest BCUT2D eigenvalue weighted by Gasteiger charge is -2.31. The molecule has 0 saturated heterocycles. The zero-order valence-electron chi connectivity index (χ0n) is 15.0. The summed E-state index contributed by atoms with van der Waals surface area (Å²) in [7, 11) is 0. The van der Waals surface area contributed by atoms with Crippen LogP contribution in [0.2, 0.25) is 0 Å². The molecule has 7 heteroatoms. The first-order chi connectivity index (χ1) is 13.6. The van der Waals surface area contributed by atoms with Gasteiger partial charge in [-0.3, -0.25) is 9.59 Å². The smallest absolute Gasteiger partial charge is 0.313 e. The van der Waals surface area contributed by atoms with E-state index in [1.165, 1.54) is 13.0 Å². The number of hydrogen-bond acceptors (Lipinski definition) is 6. The number of carbonyl (C=O) groups excluding carboxylic acids is 2. The molecule has 1 aliphatic heterocycles. The second-order valence-corrected chi connectivity index (χ2v) is 6.47. The van der Waals surface area contributed by atoms with E-state index in [9.17, 15) is 14.5 Å². The second kappa shape index (κ2) is 7.11. The lowest BCUT2D eigenvalue weighted by Crippen LogP contribution is -2.26. The summed E-state index contributed by atoms with van der Waals surface area (Å²) in [5, 5.41) is 3.42. The Morgan fingerprint density at radius 3 is 2.82 bits per heavy atom. The van der Waals surface area contributed by atoms with Gasteiger partial charge in [0, 0.05) is 51.6 Å². The van der Waals surface area contributed by atoms with Gasteiger partial charge in [0.05, 0.1) is 24.5 Å². The number of hydrogen-bond donors (Lipinski definition) is 0. The van der Waals surface area contributed by atoms with Crippen molar-refractivity contribution in [3.63, 3.8) is 0 Å². The van der Waals surface area contributed by atoms with Crippen molar-refractivity contribution in [1.29, 1.82) is 0 Å². The van der Waals surface area contributed by atoms with Gasteiger partial charge in [-0.05, 0) is 37.1 Å². The Labute approximate surface area is 159 Å². The molecule has 0 unspecified atom stereocenters. The molecule has 0 atom stereocenters. The Morgan fingerprint density at radius 2 is 2.11 bits per heavy atom. The van der Waals surface area contributed by atoms with Crippen LogP contribution in [0.1, 0.15) is 18.1 Å². The highest BCUT2D eigenvalue weighted by atomic mass is 16.3. The molecule has 0 N–H and O–H groups in total. The van der Waals surface area contributed by atoms with Crippen molar-refractivity contribution in [1.82, 2.24) is 4.90 Å². The van der Waals surface area contributed by atoms with E-state index in [-0.39, 0.29) is 5.57 Å². The molecule has 0 bridgehead atoms. The lowest BCUT2D eigenvalue weighted by atomic mass is 9.90. The molecular weight excluding hydrogens is 360 g/mol. The summed E-state index contributed by atoms with van der Waals surface area (Å²) in [5.74, 6) is -0.836. The average Bonchev–Trinajstić information content (AvgIpc) is 3.40. The minimum atomic E-state index is -0.836. The highest BCUT2D eigenvalue weighted by molar-refractivity contribution is 6.00. The third-order valence-electron chi connectivity index (χ3n) is 4.86. The van der Waals surface area contributed by atoms with Crippen molar-refractivity contribution < 1.29 is 18.4 Å². The van der Waals surface area contributed by atoms with Crippen LogP contribution in [-0.4, -0.2) is 23.6 Å². The number of benzene rings is 1. The number of nitrogens with zero attached hydrogens (tertiary/aromatic N) is 2. The fourth-order valence-electron chi connectivity index (χ4n) is 3.57. The fourth-order valence-corrected chi connectivity index (χ4v) is 3.57. The third kappa shape index (κ3) is 2.87. The van der Waals surface area contributed by atoms with Crippen molar-refractivity contribution in [2.24, 2.45) is 5.18 Å². The molecule has 0 fully saturated rings. The number of fused-ring (bicyclic) bond motifs is 3. The normalized spacial score (nSPS) is 15.7. The Hall–Kier alpha value is -3.74. The Bertz CT molecular complexity index is 1140. The third-order valence-corrected chi connectivity index (χ3v) is 4.86. The Kier molecular flexibility index (Phi) is 4.49. The standard InChI is InChI=1S/C21H16N2O5/c1-13(21(25)22-26)11-23-6-2-15-18(19(23)3-7-24)10-17(14-4-8-27-12-14)16-5-9-28-20(15)16/h3-5,7-12H,2,6H2,1H3/b13-11+,19-3-. The molecule has 3 aromatic rings. The maximum absolute atomic E-state index is 11.6. The number of amides is 1. The molecule has 0 aliphatic carbocycles. The summed E-state index contributed by atoms with van der Waals surface area (Å²) in [6, 6.07) is 5.75. The molecule has 0 spiro atoms. The number of nitroso groups, excluding NO2 is 1. The predicted molar refractivity (Wildman–Crippen MR) is 103 cm³/mol. The van der Waals surface area contributed by atoms with Gasteiger partial charge in [-0.15, -0.1) is 4.91 Å². The summed E-state index contributed by atoms with van der Waals surface area (Å²) < 4.78 is 11.0. The van der Waals surface area contributed by atoms with Gasteiger partial charge in [0.25, 0.3) is 0 Å². The summed E-state index contributed by atoms with van der Waals surface area (Å²) in [4.78, 5) is 35.2. The average molecular weight is 376 g/mol. The first-order valence-electron chi connectivity index (χ1n) is 8.68. The number of aldehydes is 1. The van der Waals surface area contributed by atoms with Crippen LogP contribution in [0.15, 0.2) is 68.8 Å². The van der Waals surface area contributed by atoms with Crippen molar-refractivity contribution in [3.05, 3.63) is 70.9 Å². The monoisotopic (exact) mass is 376 g/mol. The lowest BCUT2D eigenvalue weighted by molar-refractivity contribution is -0.114. The Morgan fingerprint density at radius 1 is 1.25 bits per heavy atom. The van der Waals surface area contributed by atoms with Gasteiger partial charge in [0.1, 0.15) is 11.9 Å². The number of furan rings is 2. The van der Waals surface area contributed by atoms with Crippen molar-refractivity contribution in [2.45, 2.75) is 13.3 Å². The fraction of sp³-hybridized carbons (Fsp3) is 0.143. The molecule has 0 radical (unpaired) electrons. The minimum Gasteiger partial charge on any atom is -0.472 e. The van der Waals surface area contributed by atoms with Crippen LogP contribution in [0.4, 0.5) is 0 Å². The van der Waals surface area contributed by atoms with E-state index in [1.54, 1.807) is 29.9 Å². The summed E-state index contributed by atoms with van der Waals surface area (Å²) in [6.07, 6.45) is 9.22. The zero-order chi connectivity index (χ0) is 19.7. The highest BCUT2D eigenvalue weighted by Crippen LogP contribution is 2.40. The van der Waals surface area contributed by atoms with Crippen LogP contribution in [0.3, 0.4) is 0 Å². The maximum atomic E-state index is 11.6. The van der Waals surface area contributed by atoms with Gasteiger partial charge in [0.15, 0.2) is 0 Å². The van der Waals surface area contributed by atoms with E-state index in [0.717, 1.165) is 33.2 Å². The van der Waals surface area contributed by atoms with E-state index in [0.29, 0.717) is 24.9 Å². The molecule has 3 heterocycles. The van der Waals surface area contributed by atoms with Crippen LogP contribution in [0.25, 0.3) is 27.8 Å². The van der Waals surface area contributed by atoms with Crippen LogP contribution in [0, 0.1) is 4.91 Å². The van der Waals surface area contributed by atoms with Gasteiger partial charge >= 0.3 is 5.91 Å². The first-order valence-corrected chi connectivity index (χ1v) is 8.68. The summed E-state index contributed by atoms with van der Waals surface area (Å²) >= 11 is 0. The Balaban J connectivity index is 1.91. The van der Waals surface area contributed by atoms with Gasteiger partial charge < -0.3 is 13.7 Å². The molecule has 4 rings (SSSR count). The molecule has 1 aliphatic rings. The molecule has 140 valence electrons. The topological polar surface area (TPSA) is 93.1 Å². The van der Waals surface area contributed by atoms with Crippen LogP contribution in [-0.2, 0) is 16.0 Å². The molecule has 7 nitrogen and oxygen atoms in total. The van der Waals surface area contributed by atoms with E-state index in [2.05, 4.69) is 5.18 Å². The number of carbonyl (C=O) groups is 2. The van der Waals surface area contributed by atoms with Crippen molar-refractivity contribution in [2.75, 3.05) is 6.54 Å². The second-order valence-electron chi connectivity index (χ2n) is 6.47. The maximum Gasteiger partial charge on any atom is 0.313 e. The van der Waals surface area contributed by atoms with Gasteiger partial charge in [-0.1, -0.05) is 0 Å². The van der Waals surface area contributed by atoms with Crippen LogP contribution < -0.4 is 0 Å². The van der Waals surface area contributed by atoms with Crippen LogP contribution in [0.5, 0.6) is 0 Å². The van der Waals surface area contributed by atoms with E-state index < -0.39 is 5.91 Å². The van der Waals surface area contributed by atoms with Crippen molar-refractivity contribution >= 4 is 28.9 Å². The first kappa shape index (κ1) is 17.7. The van der Waals surface area contributed by atoms with Gasteiger partial charge in [-0.25, -0.2) is 0 Å². The number of rotatable bonds is 4. The summed E-state index contributed by atoms with van der Waals surface area (Å²) in [6.45, 7) is 2.04. The largest absolute Gasteiger partial charge is 0.472 e. The summed E-state index contributed by atoms with van der Waals surface area (Å²) in [5.41, 5.74) is 5.21. The molecule has 28 heavy (non-hydrogen) atoms. The molecule has 0 saturated carbocycles. The predicted octanol–water partition coefficient (Wildman–Crippen LogP) is 4.29. The zero-order valence-corrected chi connectivity index (χ0v) is 15.0. The van der Waals surface area contributed by atoms with Crippen LogP contribution >= 0.6 is 0 Å². The van der Waals surface area contributed by atoms with E-state index in [1.807, 2.05) is 18.2 Å². The van der Waals surface area contributed by atoms with E-state index >= 15 is 0 Å². The highest BCUT2D eigenvalue weighted by Gasteiger charge is 2.26. The van der Waals surface area contributed by atoms with Gasteiger partial charge in [-0.2, -0.15) is 0 Å². The molecule has 2 aromatic heterocycles. The quantitative estimate of drug-likeness (QED) is 0.383. The van der Waals surface area contributed by atoms with Gasteiger partial charge in [0.2, 0.25) is 0 Å². The minimum absolute atomic E-state index is 0.199. The molecule has 1 amide bonds. The molecular formula is C21H16N2O5. The SMILES string of the molecule is C/C(=C\N1CCc2c(cc(-c3ccoc3)c3ccoc23)/C1=C/C=O)C(=O)N=O. The number of allylic oxidation sites excluding steroid dienone is 1. The molecule has 1 aromatic carbocycles. The van der Waals surface area contributed by atoms with Crippen molar-refractivity contribution in [3.8, 4) is 11.1 Å².